The number of rotatable bonds is 5. The van der Waals surface area contributed by atoms with Crippen LogP contribution in [-0.2, 0) is 0 Å². The maximum atomic E-state index is 12.5. The first-order chi connectivity index (χ1) is 13.2. The van der Waals surface area contributed by atoms with Crippen LogP contribution >= 0.6 is 11.6 Å². The minimum Gasteiger partial charge on any atom is -0.406 e. The molecule has 0 bridgehead atoms. The minimum absolute atomic E-state index is 0.306. The summed E-state index contributed by atoms with van der Waals surface area (Å²) in [6, 6.07) is 12.7. The maximum absolute atomic E-state index is 12.5. The SMILES string of the molecule is CNc1nc(Nc2ccc(C)c(Cl)c2)cc(-c2cccc(OC(F)(F)F)c2)n1. The van der Waals surface area contributed by atoms with Crippen LogP contribution in [0.2, 0.25) is 5.02 Å². The van der Waals surface area contributed by atoms with E-state index in [2.05, 4.69) is 25.3 Å². The molecule has 2 aromatic carbocycles. The first-order valence-electron chi connectivity index (χ1n) is 8.20. The van der Waals surface area contributed by atoms with Gasteiger partial charge in [0.05, 0.1) is 5.69 Å². The number of benzene rings is 2. The molecular weight excluding hydrogens is 393 g/mol. The molecule has 3 aromatic rings. The average molecular weight is 409 g/mol. The van der Waals surface area contributed by atoms with Crippen molar-refractivity contribution in [3.63, 3.8) is 0 Å². The quantitative estimate of drug-likeness (QED) is 0.559. The molecular formula is C19H16ClF3N4O. The summed E-state index contributed by atoms with van der Waals surface area (Å²) in [7, 11) is 1.65. The van der Waals surface area contributed by atoms with E-state index in [4.69, 9.17) is 11.6 Å². The fourth-order valence-electron chi connectivity index (χ4n) is 2.44. The van der Waals surface area contributed by atoms with E-state index in [0.29, 0.717) is 28.0 Å². The Morgan fingerprint density at radius 3 is 2.50 bits per heavy atom. The van der Waals surface area contributed by atoms with E-state index in [9.17, 15) is 13.2 Å². The van der Waals surface area contributed by atoms with Crippen molar-refractivity contribution < 1.29 is 17.9 Å². The predicted octanol–water partition coefficient (Wildman–Crippen LogP) is 5.79. The number of ether oxygens (including phenoxy) is 1. The Balaban J connectivity index is 1.95. The van der Waals surface area contributed by atoms with Crippen LogP contribution in [0.5, 0.6) is 5.75 Å². The van der Waals surface area contributed by atoms with Crippen molar-refractivity contribution in [1.29, 1.82) is 0 Å². The van der Waals surface area contributed by atoms with Gasteiger partial charge in [0.2, 0.25) is 5.95 Å². The lowest BCUT2D eigenvalue weighted by molar-refractivity contribution is -0.274. The summed E-state index contributed by atoms with van der Waals surface area (Å²) >= 11 is 6.15. The van der Waals surface area contributed by atoms with Gasteiger partial charge in [0.25, 0.3) is 0 Å². The van der Waals surface area contributed by atoms with Gasteiger partial charge in [-0.05, 0) is 36.8 Å². The molecule has 0 fully saturated rings. The Kier molecular flexibility index (Phi) is 5.60. The molecule has 0 radical (unpaired) electrons. The number of hydrogen-bond donors (Lipinski definition) is 2. The largest absolute Gasteiger partial charge is 0.573 e. The van der Waals surface area contributed by atoms with Gasteiger partial charge in [-0.1, -0.05) is 29.8 Å². The van der Waals surface area contributed by atoms with Crippen molar-refractivity contribution >= 4 is 29.1 Å². The highest BCUT2D eigenvalue weighted by molar-refractivity contribution is 6.31. The monoisotopic (exact) mass is 408 g/mol. The molecule has 0 aliphatic heterocycles. The lowest BCUT2D eigenvalue weighted by Crippen LogP contribution is -2.17. The smallest absolute Gasteiger partial charge is 0.406 e. The molecule has 3 rings (SSSR count). The van der Waals surface area contributed by atoms with Crippen LogP contribution in [-0.4, -0.2) is 23.4 Å². The molecule has 0 spiro atoms. The molecule has 28 heavy (non-hydrogen) atoms. The molecule has 1 heterocycles. The van der Waals surface area contributed by atoms with Gasteiger partial charge in [-0.3, -0.25) is 0 Å². The molecule has 0 aliphatic rings. The number of alkyl halides is 3. The molecule has 0 atom stereocenters. The van der Waals surface area contributed by atoms with E-state index in [-0.39, 0.29) is 5.75 Å². The lowest BCUT2D eigenvalue weighted by Gasteiger charge is -2.12. The summed E-state index contributed by atoms with van der Waals surface area (Å²) in [4.78, 5) is 8.63. The van der Waals surface area contributed by atoms with Gasteiger partial charge in [0.15, 0.2) is 0 Å². The van der Waals surface area contributed by atoms with E-state index in [0.717, 1.165) is 11.3 Å². The highest BCUT2D eigenvalue weighted by atomic mass is 35.5. The standard InChI is InChI=1S/C19H16ClF3N4O/c1-11-6-7-13(9-15(11)20)25-17-10-16(26-18(24-2)27-17)12-4-3-5-14(8-12)28-19(21,22)23/h3-10H,1-2H3,(H2,24,25,26,27). The van der Waals surface area contributed by atoms with Crippen LogP contribution in [0.4, 0.5) is 30.6 Å². The molecule has 0 amide bonds. The Hall–Kier alpha value is -3.00. The van der Waals surface area contributed by atoms with Gasteiger partial charge < -0.3 is 15.4 Å². The van der Waals surface area contributed by atoms with Crippen molar-refractivity contribution in [2.75, 3.05) is 17.7 Å². The molecule has 0 saturated carbocycles. The topological polar surface area (TPSA) is 59.1 Å². The van der Waals surface area contributed by atoms with Crippen LogP contribution in [0.15, 0.2) is 48.5 Å². The number of halogens is 4. The highest BCUT2D eigenvalue weighted by Gasteiger charge is 2.31. The normalized spacial score (nSPS) is 11.2. The van der Waals surface area contributed by atoms with Crippen molar-refractivity contribution in [2.24, 2.45) is 0 Å². The Morgan fingerprint density at radius 2 is 1.82 bits per heavy atom. The van der Waals surface area contributed by atoms with Crippen LogP contribution in [0.25, 0.3) is 11.3 Å². The van der Waals surface area contributed by atoms with Crippen LogP contribution in [0.1, 0.15) is 5.56 Å². The Labute approximate surface area is 164 Å². The van der Waals surface area contributed by atoms with Crippen LogP contribution in [0, 0.1) is 6.92 Å². The van der Waals surface area contributed by atoms with Crippen molar-refractivity contribution in [3.8, 4) is 17.0 Å². The number of hydrogen-bond acceptors (Lipinski definition) is 5. The number of aromatic nitrogens is 2. The third-order valence-electron chi connectivity index (χ3n) is 3.76. The number of nitrogens with zero attached hydrogens (tertiary/aromatic N) is 2. The van der Waals surface area contributed by atoms with Crippen LogP contribution < -0.4 is 15.4 Å². The Bertz CT molecular complexity index is 995. The zero-order valence-electron chi connectivity index (χ0n) is 14.9. The molecule has 5 nitrogen and oxygen atoms in total. The summed E-state index contributed by atoms with van der Waals surface area (Å²) in [5, 5.41) is 6.56. The zero-order chi connectivity index (χ0) is 20.3. The Morgan fingerprint density at radius 1 is 1.04 bits per heavy atom. The highest BCUT2D eigenvalue weighted by Crippen LogP contribution is 2.29. The molecule has 0 unspecified atom stereocenters. The van der Waals surface area contributed by atoms with E-state index in [1.54, 1.807) is 25.2 Å². The van der Waals surface area contributed by atoms with E-state index in [1.165, 1.54) is 18.2 Å². The van der Waals surface area contributed by atoms with Crippen molar-refractivity contribution in [1.82, 2.24) is 9.97 Å². The van der Waals surface area contributed by atoms with E-state index < -0.39 is 6.36 Å². The molecule has 9 heteroatoms. The first-order valence-corrected chi connectivity index (χ1v) is 8.57. The van der Waals surface area contributed by atoms with E-state index >= 15 is 0 Å². The van der Waals surface area contributed by atoms with Gasteiger partial charge in [-0.2, -0.15) is 4.98 Å². The number of aryl methyl sites for hydroxylation is 1. The second-order valence-electron chi connectivity index (χ2n) is 5.88. The third-order valence-corrected chi connectivity index (χ3v) is 4.16. The summed E-state index contributed by atoms with van der Waals surface area (Å²) < 4.78 is 41.4. The second kappa shape index (κ2) is 7.93. The van der Waals surface area contributed by atoms with Crippen molar-refractivity contribution in [3.05, 3.63) is 59.1 Å². The fraction of sp³-hybridized carbons (Fsp3) is 0.158. The third kappa shape index (κ3) is 5.04. The first kappa shape index (κ1) is 19.8. The minimum atomic E-state index is -4.77. The molecule has 0 aliphatic carbocycles. The molecule has 146 valence electrons. The van der Waals surface area contributed by atoms with Gasteiger partial charge >= 0.3 is 6.36 Å². The maximum Gasteiger partial charge on any atom is 0.573 e. The van der Waals surface area contributed by atoms with Gasteiger partial charge in [0.1, 0.15) is 11.6 Å². The summed E-state index contributed by atoms with van der Waals surface area (Å²) in [6.45, 7) is 1.89. The molecule has 2 N–H and O–H groups in total. The van der Waals surface area contributed by atoms with E-state index in [1.807, 2.05) is 19.1 Å². The molecule has 0 saturated heterocycles. The zero-order valence-corrected chi connectivity index (χ0v) is 15.7. The van der Waals surface area contributed by atoms with Gasteiger partial charge in [-0.25, -0.2) is 4.98 Å². The second-order valence-corrected chi connectivity index (χ2v) is 6.28. The lowest BCUT2D eigenvalue weighted by atomic mass is 10.1. The molecule has 1 aromatic heterocycles. The predicted molar refractivity (Wildman–Crippen MR) is 103 cm³/mol. The average Bonchev–Trinajstić information content (AvgIpc) is 2.63. The summed E-state index contributed by atoms with van der Waals surface area (Å²) in [5.41, 5.74) is 2.53. The summed E-state index contributed by atoms with van der Waals surface area (Å²) in [5.74, 6) is 0.436. The number of nitrogens with one attached hydrogen (secondary N) is 2. The number of anilines is 3. The summed E-state index contributed by atoms with van der Waals surface area (Å²) in [6.07, 6.45) is -4.77. The van der Waals surface area contributed by atoms with Gasteiger partial charge in [0, 0.05) is 29.4 Å². The van der Waals surface area contributed by atoms with Gasteiger partial charge in [-0.15, -0.1) is 13.2 Å². The fourth-order valence-corrected chi connectivity index (χ4v) is 2.62. The van der Waals surface area contributed by atoms with Crippen LogP contribution in [0.3, 0.4) is 0 Å². The van der Waals surface area contributed by atoms with Crippen molar-refractivity contribution in [2.45, 2.75) is 13.3 Å².